The zero-order chi connectivity index (χ0) is 35.4. The molecule has 3 aromatic carbocycles. The molecule has 268 valence electrons. The fourth-order valence-electron chi connectivity index (χ4n) is 7.04. The van der Waals surface area contributed by atoms with Gasteiger partial charge in [0.05, 0.1) is 43.5 Å². The highest BCUT2D eigenvalue weighted by Crippen LogP contribution is 2.25. The summed E-state index contributed by atoms with van der Waals surface area (Å²) in [5.41, 5.74) is 3.31. The molecule has 10 heteroatoms. The van der Waals surface area contributed by atoms with E-state index in [1.807, 2.05) is 97.9 Å². The number of ether oxygens (including phenoxy) is 2. The maximum absolute atomic E-state index is 14.0. The molecule has 0 aliphatic heterocycles. The van der Waals surface area contributed by atoms with Gasteiger partial charge >= 0.3 is 0 Å². The van der Waals surface area contributed by atoms with Gasteiger partial charge in [0.2, 0.25) is 5.91 Å². The Labute approximate surface area is 300 Å². The average molecular weight is 692 g/mol. The van der Waals surface area contributed by atoms with Crippen LogP contribution >= 0.6 is 0 Å². The van der Waals surface area contributed by atoms with E-state index in [1.165, 1.54) is 10.7 Å². The Morgan fingerprint density at radius 2 is 1.22 bits per heavy atom. The van der Waals surface area contributed by atoms with Gasteiger partial charge in [-0.3, -0.25) is 14.4 Å². The van der Waals surface area contributed by atoms with Crippen LogP contribution < -0.4 is 16.0 Å². The van der Waals surface area contributed by atoms with E-state index in [4.69, 9.17) is 9.47 Å². The van der Waals surface area contributed by atoms with Crippen molar-refractivity contribution in [3.05, 3.63) is 125 Å². The molecule has 51 heavy (non-hydrogen) atoms. The van der Waals surface area contributed by atoms with Crippen LogP contribution in [0.2, 0.25) is 0 Å². The average Bonchev–Trinajstić information content (AvgIpc) is 3.59. The van der Waals surface area contributed by atoms with Crippen molar-refractivity contribution in [3.63, 3.8) is 0 Å². The molecule has 3 N–H and O–H groups in total. The van der Waals surface area contributed by atoms with E-state index in [0.717, 1.165) is 68.1 Å². The lowest BCUT2D eigenvalue weighted by Crippen LogP contribution is -2.48. The van der Waals surface area contributed by atoms with Gasteiger partial charge in [-0.1, -0.05) is 117 Å². The second-order valence-corrected chi connectivity index (χ2v) is 13.7. The number of amides is 3. The Hall–Kier alpha value is -4.80. The highest BCUT2D eigenvalue weighted by molar-refractivity contribution is 5.98. The Morgan fingerprint density at radius 1 is 0.706 bits per heavy atom. The van der Waals surface area contributed by atoms with Gasteiger partial charge in [0, 0.05) is 6.07 Å². The smallest absolute Gasteiger partial charge is 0.272 e. The van der Waals surface area contributed by atoms with E-state index in [2.05, 4.69) is 21.0 Å². The molecule has 4 aromatic rings. The van der Waals surface area contributed by atoms with Gasteiger partial charge in [0.25, 0.3) is 11.8 Å². The number of benzene rings is 3. The maximum Gasteiger partial charge on any atom is 0.272 e. The van der Waals surface area contributed by atoms with Gasteiger partial charge in [0.15, 0.2) is 5.69 Å². The normalized spacial score (nSPS) is 21.0. The predicted molar refractivity (Wildman–Crippen MR) is 195 cm³/mol. The molecular formula is C41H49N5O5. The van der Waals surface area contributed by atoms with Gasteiger partial charge in [-0.25, -0.2) is 4.68 Å². The van der Waals surface area contributed by atoms with Crippen LogP contribution in [-0.4, -0.2) is 51.8 Å². The Balaban J connectivity index is 1.16. The summed E-state index contributed by atoms with van der Waals surface area (Å²) in [6, 6.07) is 30.4. The molecule has 0 radical (unpaired) electrons. The third-order valence-electron chi connectivity index (χ3n) is 9.87. The SMILES string of the molecule is CC(NC(=O)c1cc(C(=O)N[C@H]2CCCC[C@@H]2OCc2ccccc2)n(CC(=O)N[C@H]2CCCC[C@@H]2OCc2ccccc2)n1)c1ccccc1. The summed E-state index contributed by atoms with van der Waals surface area (Å²) >= 11 is 0. The molecule has 1 heterocycles. The maximum atomic E-state index is 14.0. The van der Waals surface area contributed by atoms with E-state index in [-0.39, 0.29) is 54.2 Å². The number of nitrogens with one attached hydrogen (secondary N) is 3. The van der Waals surface area contributed by atoms with Crippen LogP contribution in [-0.2, 0) is 34.0 Å². The summed E-state index contributed by atoms with van der Waals surface area (Å²) in [6.45, 7) is 2.60. The topological polar surface area (TPSA) is 124 Å². The first-order valence-electron chi connectivity index (χ1n) is 18.3. The quantitative estimate of drug-likeness (QED) is 0.143. The summed E-state index contributed by atoms with van der Waals surface area (Å²) in [4.78, 5) is 41.0. The van der Waals surface area contributed by atoms with E-state index in [0.29, 0.717) is 13.2 Å². The standard InChI is InChI=1S/C41H49N5O5/c1-29(32-19-9-4-10-20-32)42-40(48)35-25-36(41(49)44-34-22-12-14-24-38(34)51-28-31-17-7-3-8-18-31)46(45-35)26-39(47)43-33-21-11-13-23-37(33)50-27-30-15-5-2-6-16-30/h2-10,15-20,25,29,33-34,37-38H,11-14,21-24,26-28H2,1H3,(H,42,48)(H,43,47)(H,44,49)/t29?,33-,34-,37-,38-/m0/s1. The summed E-state index contributed by atoms with van der Waals surface area (Å²) in [5.74, 6) is -1.12. The number of rotatable bonds is 14. The number of hydrogen-bond donors (Lipinski definition) is 3. The molecule has 2 fully saturated rings. The van der Waals surface area contributed by atoms with Crippen LogP contribution in [0.4, 0.5) is 0 Å². The molecule has 2 saturated carbocycles. The largest absolute Gasteiger partial charge is 0.371 e. The molecule has 6 rings (SSSR count). The van der Waals surface area contributed by atoms with E-state index >= 15 is 0 Å². The van der Waals surface area contributed by atoms with E-state index in [1.54, 1.807) is 0 Å². The first-order valence-corrected chi connectivity index (χ1v) is 18.3. The van der Waals surface area contributed by atoms with Crippen LogP contribution in [0.3, 0.4) is 0 Å². The van der Waals surface area contributed by atoms with E-state index in [9.17, 15) is 14.4 Å². The van der Waals surface area contributed by atoms with Crippen molar-refractivity contribution < 1.29 is 23.9 Å². The zero-order valence-corrected chi connectivity index (χ0v) is 29.3. The third-order valence-corrected chi connectivity index (χ3v) is 9.87. The minimum atomic E-state index is -0.428. The van der Waals surface area contributed by atoms with Crippen LogP contribution in [0, 0.1) is 0 Å². The summed E-state index contributed by atoms with van der Waals surface area (Å²) < 4.78 is 13.9. The number of carbonyl (C=O) groups excluding carboxylic acids is 3. The van der Waals surface area contributed by atoms with Crippen molar-refractivity contribution in [2.45, 2.75) is 108 Å². The lowest BCUT2D eigenvalue weighted by molar-refractivity contribution is -0.124. The summed E-state index contributed by atoms with van der Waals surface area (Å²) in [6.07, 6.45) is 6.99. The molecule has 5 atom stereocenters. The monoisotopic (exact) mass is 691 g/mol. The zero-order valence-electron chi connectivity index (χ0n) is 29.3. The fourth-order valence-corrected chi connectivity index (χ4v) is 7.04. The van der Waals surface area contributed by atoms with Crippen molar-refractivity contribution in [3.8, 4) is 0 Å². The molecule has 0 bridgehead atoms. The predicted octanol–water partition coefficient (Wildman–Crippen LogP) is 6.28. The molecule has 1 unspecified atom stereocenters. The van der Waals surface area contributed by atoms with Crippen LogP contribution in [0.15, 0.2) is 97.1 Å². The van der Waals surface area contributed by atoms with Crippen LogP contribution in [0.25, 0.3) is 0 Å². The van der Waals surface area contributed by atoms with Crippen molar-refractivity contribution in [1.82, 2.24) is 25.7 Å². The van der Waals surface area contributed by atoms with Crippen molar-refractivity contribution >= 4 is 17.7 Å². The van der Waals surface area contributed by atoms with E-state index < -0.39 is 11.8 Å². The number of aromatic nitrogens is 2. The first-order chi connectivity index (χ1) is 24.9. The summed E-state index contributed by atoms with van der Waals surface area (Å²) in [7, 11) is 0. The molecule has 0 spiro atoms. The summed E-state index contributed by atoms with van der Waals surface area (Å²) in [5, 5.41) is 13.8. The molecule has 1 aromatic heterocycles. The molecule has 2 aliphatic carbocycles. The molecule has 0 saturated heterocycles. The van der Waals surface area contributed by atoms with Gasteiger partial charge in [-0.15, -0.1) is 0 Å². The van der Waals surface area contributed by atoms with Crippen molar-refractivity contribution in [2.24, 2.45) is 0 Å². The molecule has 10 nitrogen and oxygen atoms in total. The van der Waals surface area contributed by atoms with Crippen LogP contribution in [0.5, 0.6) is 0 Å². The van der Waals surface area contributed by atoms with Gasteiger partial charge in [-0.05, 0) is 49.3 Å². The third kappa shape index (κ3) is 10.1. The highest BCUT2D eigenvalue weighted by Gasteiger charge is 2.31. The van der Waals surface area contributed by atoms with Crippen molar-refractivity contribution in [2.75, 3.05) is 0 Å². The van der Waals surface area contributed by atoms with Gasteiger partial charge < -0.3 is 25.4 Å². The lowest BCUT2D eigenvalue weighted by Gasteiger charge is -2.32. The Kier molecular flexibility index (Phi) is 12.7. The van der Waals surface area contributed by atoms with Gasteiger partial charge in [0.1, 0.15) is 12.2 Å². The minimum Gasteiger partial charge on any atom is -0.371 e. The lowest BCUT2D eigenvalue weighted by atomic mass is 9.92. The number of nitrogens with zero attached hydrogens (tertiary/aromatic N) is 2. The Morgan fingerprint density at radius 3 is 1.78 bits per heavy atom. The second-order valence-electron chi connectivity index (χ2n) is 13.7. The fraction of sp³-hybridized carbons (Fsp3) is 0.415. The molecular weight excluding hydrogens is 642 g/mol. The molecule has 2 aliphatic rings. The van der Waals surface area contributed by atoms with Crippen molar-refractivity contribution in [1.29, 1.82) is 0 Å². The van der Waals surface area contributed by atoms with Crippen LogP contribution in [0.1, 0.15) is 102 Å². The Bertz CT molecular complexity index is 1710. The minimum absolute atomic E-state index is 0.0676. The molecule has 3 amide bonds. The second kappa shape index (κ2) is 17.9. The van der Waals surface area contributed by atoms with Gasteiger partial charge in [-0.2, -0.15) is 5.10 Å². The number of carbonyl (C=O) groups is 3. The number of hydrogen-bond acceptors (Lipinski definition) is 6. The highest BCUT2D eigenvalue weighted by atomic mass is 16.5. The first kappa shape index (κ1) is 36.0.